The van der Waals surface area contributed by atoms with Crippen LogP contribution in [-0.2, 0) is 16.0 Å². The molecule has 2 aromatic rings. The Hall–Kier alpha value is -2.33. The van der Waals surface area contributed by atoms with Crippen LogP contribution in [-0.4, -0.2) is 24.9 Å². The second kappa shape index (κ2) is 8.67. The number of rotatable bonds is 6. The summed E-state index contributed by atoms with van der Waals surface area (Å²) in [5.74, 6) is -0.118. The van der Waals surface area contributed by atoms with E-state index in [1.165, 1.54) is 6.92 Å². The van der Waals surface area contributed by atoms with Crippen molar-refractivity contribution in [3.05, 3.63) is 64.2 Å². The summed E-state index contributed by atoms with van der Waals surface area (Å²) in [6.07, 6.45) is 0.292. The van der Waals surface area contributed by atoms with E-state index < -0.39 is 0 Å². The molecule has 0 saturated heterocycles. The van der Waals surface area contributed by atoms with E-state index in [-0.39, 0.29) is 11.8 Å². The molecule has 5 heteroatoms. The van der Waals surface area contributed by atoms with Gasteiger partial charge in [0.2, 0.25) is 11.8 Å². The third kappa shape index (κ3) is 5.33. The normalized spacial score (nSPS) is 10.4. The maximum absolute atomic E-state index is 12.1. The van der Waals surface area contributed by atoms with Crippen molar-refractivity contribution in [1.29, 1.82) is 0 Å². The van der Waals surface area contributed by atoms with Gasteiger partial charge >= 0.3 is 0 Å². The average Bonchev–Trinajstić information content (AvgIpc) is 2.56. The van der Waals surface area contributed by atoms with Crippen molar-refractivity contribution in [2.45, 2.75) is 27.2 Å². The van der Waals surface area contributed by atoms with Crippen LogP contribution in [0.25, 0.3) is 0 Å². The number of hydrogen-bond donors (Lipinski definition) is 1. The van der Waals surface area contributed by atoms with Gasteiger partial charge in [0.05, 0.1) is 6.42 Å². The number of aryl methyl sites for hydroxylation is 1. The lowest BCUT2D eigenvalue weighted by molar-refractivity contribution is -0.121. The Bertz CT molecular complexity index is 757. The van der Waals surface area contributed by atoms with Crippen LogP contribution in [0.2, 0.25) is 5.02 Å². The van der Waals surface area contributed by atoms with Gasteiger partial charge in [0.1, 0.15) is 0 Å². The fourth-order valence-electron chi connectivity index (χ4n) is 2.63. The summed E-state index contributed by atoms with van der Waals surface area (Å²) in [5.41, 5.74) is 4.00. The van der Waals surface area contributed by atoms with Crippen LogP contribution in [0.5, 0.6) is 0 Å². The summed E-state index contributed by atoms with van der Waals surface area (Å²) in [6.45, 7) is 6.40. The van der Waals surface area contributed by atoms with E-state index in [1.807, 2.05) is 44.2 Å². The molecule has 0 aromatic heterocycles. The first kappa shape index (κ1) is 19.0. The number of halogens is 1. The molecule has 4 nitrogen and oxygen atoms in total. The topological polar surface area (TPSA) is 49.4 Å². The van der Waals surface area contributed by atoms with Crippen LogP contribution in [0, 0.1) is 13.8 Å². The van der Waals surface area contributed by atoms with E-state index in [2.05, 4.69) is 5.32 Å². The van der Waals surface area contributed by atoms with Crippen molar-refractivity contribution in [3.63, 3.8) is 0 Å². The first-order valence-electron chi connectivity index (χ1n) is 8.24. The molecule has 2 amide bonds. The molecule has 0 bridgehead atoms. The largest absolute Gasteiger partial charge is 0.354 e. The summed E-state index contributed by atoms with van der Waals surface area (Å²) < 4.78 is 0. The molecule has 0 aliphatic heterocycles. The van der Waals surface area contributed by atoms with Gasteiger partial charge in [-0.25, -0.2) is 0 Å². The maximum atomic E-state index is 12.1. The van der Waals surface area contributed by atoms with Crippen molar-refractivity contribution in [2.75, 3.05) is 18.0 Å². The lowest BCUT2D eigenvalue weighted by Gasteiger charge is -2.24. The summed E-state index contributed by atoms with van der Waals surface area (Å²) in [5, 5.41) is 3.52. The summed E-state index contributed by atoms with van der Waals surface area (Å²) in [4.78, 5) is 25.8. The molecule has 1 N–H and O–H groups in total. The fraction of sp³-hybridized carbons (Fsp3) is 0.300. The Balaban J connectivity index is 1.93. The van der Waals surface area contributed by atoms with E-state index >= 15 is 0 Å². The minimum atomic E-state index is -0.0770. The van der Waals surface area contributed by atoms with Crippen molar-refractivity contribution in [2.24, 2.45) is 0 Å². The van der Waals surface area contributed by atoms with Gasteiger partial charge in [-0.2, -0.15) is 0 Å². The lowest BCUT2D eigenvalue weighted by Crippen LogP contribution is -2.38. The van der Waals surface area contributed by atoms with Gasteiger partial charge in [-0.15, -0.1) is 0 Å². The van der Waals surface area contributed by atoms with Crippen molar-refractivity contribution >= 4 is 29.1 Å². The zero-order valence-electron chi connectivity index (χ0n) is 14.8. The molecule has 132 valence electrons. The van der Waals surface area contributed by atoms with Crippen molar-refractivity contribution in [3.8, 4) is 0 Å². The second-order valence-corrected chi connectivity index (χ2v) is 6.48. The number of carbonyl (C=O) groups excluding carboxylic acids is 2. The van der Waals surface area contributed by atoms with Gasteiger partial charge in [0.25, 0.3) is 0 Å². The number of anilines is 1. The van der Waals surface area contributed by atoms with Crippen LogP contribution in [0.15, 0.2) is 42.5 Å². The van der Waals surface area contributed by atoms with Gasteiger partial charge in [-0.3, -0.25) is 9.59 Å². The highest BCUT2D eigenvalue weighted by Crippen LogP contribution is 2.22. The lowest BCUT2D eigenvalue weighted by atomic mass is 10.1. The Kier molecular flexibility index (Phi) is 6.59. The van der Waals surface area contributed by atoms with Crippen molar-refractivity contribution in [1.82, 2.24) is 5.32 Å². The third-order valence-corrected chi connectivity index (χ3v) is 4.43. The van der Waals surface area contributed by atoms with E-state index in [1.54, 1.807) is 17.0 Å². The minimum Gasteiger partial charge on any atom is -0.354 e. The number of benzene rings is 2. The van der Waals surface area contributed by atoms with Gasteiger partial charge in [-0.1, -0.05) is 35.9 Å². The minimum absolute atomic E-state index is 0.0411. The van der Waals surface area contributed by atoms with E-state index in [0.717, 1.165) is 22.4 Å². The zero-order valence-corrected chi connectivity index (χ0v) is 15.6. The van der Waals surface area contributed by atoms with E-state index in [0.29, 0.717) is 24.5 Å². The predicted octanol–water partition coefficient (Wildman–Crippen LogP) is 3.67. The van der Waals surface area contributed by atoms with Crippen molar-refractivity contribution < 1.29 is 9.59 Å². The number of nitrogens with zero attached hydrogens (tertiary/aromatic N) is 1. The SMILES string of the molecule is CC(=O)N(CCNC(=O)Cc1ccc(Cl)cc1)c1cccc(C)c1C. The molecule has 2 aromatic carbocycles. The maximum Gasteiger partial charge on any atom is 0.224 e. The number of amides is 2. The average molecular weight is 359 g/mol. The highest BCUT2D eigenvalue weighted by atomic mass is 35.5. The molecule has 2 rings (SSSR count). The third-order valence-electron chi connectivity index (χ3n) is 4.18. The molecule has 0 saturated carbocycles. The Morgan fingerprint density at radius 2 is 1.76 bits per heavy atom. The molecule has 0 unspecified atom stereocenters. The van der Waals surface area contributed by atoms with E-state index in [4.69, 9.17) is 11.6 Å². The quantitative estimate of drug-likeness (QED) is 0.856. The number of hydrogen-bond acceptors (Lipinski definition) is 2. The Morgan fingerprint density at radius 1 is 1.08 bits per heavy atom. The molecule has 0 aliphatic carbocycles. The van der Waals surface area contributed by atoms with Crippen LogP contribution in [0.1, 0.15) is 23.6 Å². The monoisotopic (exact) mass is 358 g/mol. The molecule has 25 heavy (non-hydrogen) atoms. The van der Waals surface area contributed by atoms with Crippen LogP contribution < -0.4 is 10.2 Å². The van der Waals surface area contributed by atoms with Crippen LogP contribution in [0.3, 0.4) is 0 Å². The molecule has 0 aliphatic rings. The molecule has 0 heterocycles. The van der Waals surface area contributed by atoms with Crippen LogP contribution in [0.4, 0.5) is 5.69 Å². The summed E-state index contributed by atoms with van der Waals surface area (Å²) >= 11 is 5.84. The zero-order chi connectivity index (χ0) is 18.4. The fourth-order valence-corrected chi connectivity index (χ4v) is 2.76. The summed E-state index contributed by atoms with van der Waals surface area (Å²) in [6, 6.07) is 13.1. The first-order chi connectivity index (χ1) is 11.9. The molecule has 0 fully saturated rings. The Labute approximate surface area is 153 Å². The highest BCUT2D eigenvalue weighted by Gasteiger charge is 2.14. The molecular formula is C20H23ClN2O2. The molecule has 0 radical (unpaired) electrons. The molecule has 0 spiro atoms. The summed E-state index contributed by atoms with van der Waals surface area (Å²) in [7, 11) is 0. The predicted molar refractivity (Wildman–Crippen MR) is 102 cm³/mol. The number of nitrogens with one attached hydrogen (secondary N) is 1. The first-order valence-corrected chi connectivity index (χ1v) is 8.61. The van der Waals surface area contributed by atoms with E-state index in [9.17, 15) is 9.59 Å². The van der Waals surface area contributed by atoms with Crippen LogP contribution >= 0.6 is 11.6 Å². The van der Waals surface area contributed by atoms with Gasteiger partial charge in [0, 0.05) is 30.7 Å². The second-order valence-electron chi connectivity index (χ2n) is 6.04. The van der Waals surface area contributed by atoms with Gasteiger partial charge in [0.15, 0.2) is 0 Å². The highest BCUT2D eigenvalue weighted by molar-refractivity contribution is 6.30. The van der Waals surface area contributed by atoms with Gasteiger partial charge in [-0.05, 0) is 48.7 Å². The molecular weight excluding hydrogens is 336 g/mol. The number of carbonyl (C=O) groups is 2. The smallest absolute Gasteiger partial charge is 0.224 e. The molecule has 0 atom stereocenters. The Morgan fingerprint density at radius 3 is 2.40 bits per heavy atom. The standard InChI is InChI=1S/C20H23ClN2O2/c1-14-5-4-6-19(15(14)2)23(16(3)24)12-11-22-20(25)13-17-7-9-18(21)10-8-17/h4-10H,11-13H2,1-3H3,(H,22,25). The van der Waals surface area contributed by atoms with Gasteiger partial charge < -0.3 is 10.2 Å².